The molecule has 1 amide bonds. The number of nitrogens with zero attached hydrogens (tertiary/aromatic N) is 1. The van der Waals surface area contributed by atoms with Gasteiger partial charge in [0, 0.05) is 13.1 Å². The third kappa shape index (κ3) is 4.23. The van der Waals surface area contributed by atoms with Gasteiger partial charge in [0.15, 0.2) is 6.61 Å². The van der Waals surface area contributed by atoms with Gasteiger partial charge in [0.1, 0.15) is 5.75 Å². The van der Waals surface area contributed by atoms with Gasteiger partial charge in [-0.05, 0) is 48.0 Å². The molecule has 0 fully saturated rings. The highest BCUT2D eigenvalue weighted by atomic mass is 79.9. The quantitative estimate of drug-likeness (QED) is 0.744. The lowest BCUT2D eigenvalue weighted by Gasteiger charge is -2.19. The third-order valence-corrected chi connectivity index (χ3v) is 3.44. The van der Waals surface area contributed by atoms with Crippen molar-refractivity contribution >= 4 is 27.8 Å². The summed E-state index contributed by atoms with van der Waals surface area (Å²) in [5.74, 6) is 0.0218. The molecule has 5 nitrogen and oxygen atoms in total. The van der Waals surface area contributed by atoms with E-state index < -0.39 is 5.97 Å². The fourth-order valence-electron chi connectivity index (χ4n) is 1.67. The molecule has 0 spiro atoms. The van der Waals surface area contributed by atoms with Crippen LogP contribution in [0.3, 0.4) is 0 Å². The molecule has 1 aromatic rings. The van der Waals surface area contributed by atoms with E-state index in [2.05, 4.69) is 20.7 Å². The molecule has 0 aliphatic carbocycles. The van der Waals surface area contributed by atoms with Crippen LogP contribution in [-0.4, -0.2) is 43.6 Å². The molecule has 0 N–H and O–H groups in total. The predicted octanol–water partition coefficient (Wildman–Crippen LogP) is 2.48. The summed E-state index contributed by atoms with van der Waals surface area (Å²) in [6, 6.07) is 4.82. The second kappa shape index (κ2) is 7.89. The lowest BCUT2D eigenvalue weighted by atomic mass is 10.2. The minimum absolute atomic E-state index is 0.0299. The molecule has 0 radical (unpaired) electrons. The number of likely N-dealkylation sites (N-methyl/N-ethyl adjacent to an activating group) is 1. The van der Waals surface area contributed by atoms with Crippen LogP contribution in [0.1, 0.15) is 24.2 Å². The molecule has 0 aromatic heterocycles. The highest BCUT2D eigenvalue weighted by Gasteiger charge is 2.13. The molecular formula is C14H18BrNO4. The first-order valence-corrected chi connectivity index (χ1v) is 7.11. The molecule has 0 heterocycles. The van der Waals surface area contributed by atoms with Crippen LogP contribution in [0, 0.1) is 0 Å². The molecule has 0 saturated carbocycles. The molecule has 0 unspecified atom stereocenters. The lowest BCUT2D eigenvalue weighted by molar-refractivity contribution is -0.132. The molecule has 110 valence electrons. The highest BCUT2D eigenvalue weighted by Crippen LogP contribution is 2.26. The number of esters is 1. The number of methoxy groups -OCH3 is 1. The van der Waals surface area contributed by atoms with Crippen LogP contribution in [0.4, 0.5) is 0 Å². The molecule has 1 aromatic carbocycles. The topological polar surface area (TPSA) is 55.8 Å². The first-order valence-electron chi connectivity index (χ1n) is 6.31. The third-order valence-electron chi connectivity index (χ3n) is 2.82. The predicted molar refractivity (Wildman–Crippen MR) is 78.9 cm³/mol. The molecule has 0 saturated heterocycles. The maximum atomic E-state index is 11.8. The van der Waals surface area contributed by atoms with Crippen molar-refractivity contribution in [1.29, 1.82) is 0 Å². The van der Waals surface area contributed by atoms with Crippen molar-refractivity contribution in [2.45, 2.75) is 13.8 Å². The SMILES string of the molecule is CCN(CC)C(=O)COc1ccc(C(=O)OC)cc1Br. The Morgan fingerprint density at radius 3 is 2.40 bits per heavy atom. The summed E-state index contributed by atoms with van der Waals surface area (Å²) in [7, 11) is 1.32. The van der Waals surface area contributed by atoms with E-state index in [9.17, 15) is 9.59 Å². The van der Waals surface area contributed by atoms with Gasteiger partial charge in [-0.2, -0.15) is 0 Å². The molecular weight excluding hydrogens is 326 g/mol. The van der Waals surface area contributed by atoms with Crippen LogP contribution in [0.5, 0.6) is 5.75 Å². The van der Waals surface area contributed by atoms with Crippen molar-refractivity contribution in [3.63, 3.8) is 0 Å². The van der Waals surface area contributed by atoms with E-state index in [0.717, 1.165) is 0 Å². The number of hydrogen-bond donors (Lipinski definition) is 0. The average Bonchev–Trinajstić information content (AvgIpc) is 2.46. The highest BCUT2D eigenvalue weighted by molar-refractivity contribution is 9.10. The number of ether oxygens (including phenoxy) is 2. The zero-order valence-corrected chi connectivity index (χ0v) is 13.4. The molecule has 0 aliphatic rings. The van der Waals surface area contributed by atoms with Gasteiger partial charge in [-0.25, -0.2) is 4.79 Å². The molecule has 0 aliphatic heterocycles. The number of hydrogen-bond acceptors (Lipinski definition) is 4. The summed E-state index contributed by atoms with van der Waals surface area (Å²) >= 11 is 3.31. The fraction of sp³-hybridized carbons (Fsp3) is 0.429. The van der Waals surface area contributed by atoms with E-state index in [1.165, 1.54) is 7.11 Å². The summed E-state index contributed by atoms with van der Waals surface area (Å²) in [4.78, 5) is 24.9. The van der Waals surface area contributed by atoms with Gasteiger partial charge in [-0.3, -0.25) is 4.79 Å². The Morgan fingerprint density at radius 2 is 1.90 bits per heavy atom. The van der Waals surface area contributed by atoms with E-state index in [4.69, 9.17) is 4.74 Å². The lowest BCUT2D eigenvalue weighted by Crippen LogP contribution is -2.34. The maximum absolute atomic E-state index is 11.8. The van der Waals surface area contributed by atoms with Gasteiger partial charge < -0.3 is 14.4 Å². The molecule has 1 rings (SSSR count). The Balaban J connectivity index is 2.70. The van der Waals surface area contributed by atoms with Crippen LogP contribution in [-0.2, 0) is 9.53 Å². The van der Waals surface area contributed by atoms with E-state index in [1.807, 2.05) is 13.8 Å². The van der Waals surface area contributed by atoms with Crippen molar-refractivity contribution in [3.05, 3.63) is 28.2 Å². The van der Waals surface area contributed by atoms with Crippen LogP contribution < -0.4 is 4.74 Å². The molecule has 6 heteroatoms. The van der Waals surface area contributed by atoms with Crippen LogP contribution >= 0.6 is 15.9 Å². The summed E-state index contributed by atoms with van der Waals surface area (Å²) in [6.07, 6.45) is 0. The average molecular weight is 344 g/mol. The first-order chi connectivity index (χ1) is 9.53. The number of amides is 1. The van der Waals surface area contributed by atoms with Crippen LogP contribution in [0.25, 0.3) is 0 Å². The second-order valence-corrected chi connectivity index (χ2v) is 4.85. The van der Waals surface area contributed by atoms with Crippen molar-refractivity contribution < 1.29 is 19.1 Å². The van der Waals surface area contributed by atoms with Gasteiger partial charge >= 0.3 is 5.97 Å². The Morgan fingerprint density at radius 1 is 1.25 bits per heavy atom. The number of rotatable bonds is 6. The van der Waals surface area contributed by atoms with E-state index in [0.29, 0.717) is 28.9 Å². The summed E-state index contributed by atoms with van der Waals surface area (Å²) in [5.41, 5.74) is 0.418. The molecule has 0 atom stereocenters. The smallest absolute Gasteiger partial charge is 0.337 e. The second-order valence-electron chi connectivity index (χ2n) is 3.99. The van der Waals surface area contributed by atoms with Crippen molar-refractivity contribution in [2.24, 2.45) is 0 Å². The first kappa shape index (κ1) is 16.5. The number of carbonyl (C=O) groups excluding carboxylic acids is 2. The molecule has 20 heavy (non-hydrogen) atoms. The Kier molecular flexibility index (Phi) is 6.51. The number of carbonyl (C=O) groups is 2. The van der Waals surface area contributed by atoms with Gasteiger partial charge in [0.05, 0.1) is 17.1 Å². The Bertz CT molecular complexity index is 486. The summed E-state index contributed by atoms with van der Waals surface area (Å²) in [6.45, 7) is 5.12. The number of halogens is 1. The Labute approximate surface area is 127 Å². The maximum Gasteiger partial charge on any atom is 0.337 e. The van der Waals surface area contributed by atoms with Crippen LogP contribution in [0.15, 0.2) is 22.7 Å². The largest absolute Gasteiger partial charge is 0.483 e. The molecule has 0 bridgehead atoms. The van der Waals surface area contributed by atoms with Gasteiger partial charge in [0.25, 0.3) is 5.91 Å². The zero-order chi connectivity index (χ0) is 15.1. The van der Waals surface area contributed by atoms with Crippen LogP contribution in [0.2, 0.25) is 0 Å². The minimum atomic E-state index is -0.420. The Hall–Kier alpha value is -1.56. The van der Waals surface area contributed by atoms with Crippen molar-refractivity contribution in [1.82, 2.24) is 4.90 Å². The summed E-state index contributed by atoms with van der Waals surface area (Å²) < 4.78 is 10.7. The van der Waals surface area contributed by atoms with Gasteiger partial charge in [-0.1, -0.05) is 0 Å². The fourth-order valence-corrected chi connectivity index (χ4v) is 2.16. The summed E-state index contributed by atoms with van der Waals surface area (Å²) in [5, 5.41) is 0. The zero-order valence-electron chi connectivity index (χ0n) is 11.8. The van der Waals surface area contributed by atoms with E-state index in [-0.39, 0.29) is 12.5 Å². The van der Waals surface area contributed by atoms with Crippen molar-refractivity contribution in [3.8, 4) is 5.75 Å². The van der Waals surface area contributed by atoms with E-state index >= 15 is 0 Å². The normalized spacial score (nSPS) is 10.0. The van der Waals surface area contributed by atoms with Gasteiger partial charge in [0.2, 0.25) is 0 Å². The minimum Gasteiger partial charge on any atom is -0.483 e. The van der Waals surface area contributed by atoms with E-state index in [1.54, 1.807) is 23.1 Å². The standard InChI is InChI=1S/C14H18BrNO4/c1-4-16(5-2)13(17)9-20-12-7-6-10(8-11(12)15)14(18)19-3/h6-8H,4-5,9H2,1-3H3. The van der Waals surface area contributed by atoms with Crippen molar-refractivity contribution in [2.75, 3.05) is 26.8 Å². The number of benzene rings is 1. The van der Waals surface area contributed by atoms with Gasteiger partial charge in [-0.15, -0.1) is 0 Å². The monoisotopic (exact) mass is 343 g/mol.